The molecule has 2 aromatic carbocycles. The summed E-state index contributed by atoms with van der Waals surface area (Å²) in [6.07, 6.45) is 0.733. The number of methoxy groups -OCH3 is 1. The predicted molar refractivity (Wildman–Crippen MR) is 109 cm³/mol. The number of hydrogen-bond acceptors (Lipinski definition) is 5. The summed E-state index contributed by atoms with van der Waals surface area (Å²) >= 11 is 0. The highest BCUT2D eigenvalue weighted by molar-refractivity contribution is 5.89. The fraction of sp³-hybridized carbons (Fsp3) is 0.273. The number of nitrogens with one attached hydrogen (secondary N) is 1. The molecule has 0 aliphatic rings. The summed E-state index contributed by atoms with van der Waals surface area (Å²) in [5, 5.41) is 4.15. The molecule has 1 N–H and O–H groups in total. The number of amides is 1. The van der Waals surface area contributed by atoms with Crippen molar-refractivity contribution in [3.63, 3.8) is 0 Å². The first-order chi connectivity index (χ1) is 13.7. The average molecular weight is 380 g/mol. The lowest BCUT2D eigenvalue weighted by Crippen LogP contribution is -2.34. The zero-order valence-corrected chi connectivity index (χ0v) is 15.9. The Hall–Kier alpha value is -3.12. The van der Waals surface area contributed by atoms with Gasteiger partial charge in [-0.3, -0.25) is 4.79 Å². The van der Waals surface area contributed by atoms with Gasteiger partial charge in [0.15, 0.2) is 0 Å². The summed E-state index contributed by atoms with van der Waals surface area (Å²) in [4.78, 5) is 25.9. The summed E-state index contributed by atoms with van der Waals surface area (Å²) in [6, 6.07) is 18.7. The Morgan fingerprint density at radius 2 is 1.86 bits per heavy atom. The molecule has 0 saturated heterocycles. The Bertz CT molecular complexity index is 969. The maximum absolute atomic E-state index is 12.4. The van der Waals surface area contributed by atoms with Crippen LogP contribution < -0.4 is 10.9 Å². The number of para-hydroxylation sites is 1. The normalized spacial score (nSPS) is 10.8. The van der Waals surface area contributed by atoms with Gasteiger partial charge in [0.1, 0.15) is 12.2 Å². The van der Waals surface area contributed by atoms with Crippen LogP contribution in [0.4, 0.5) is 5.69 Å². The second-order valence-corrected chi connectivity index (χ2v) is 6.49. The third-order valence-corrected chi connectivity index (χ3v) is 4.41. The van der Waals surface area contributed by atoms with Crippen LogP contribution in [0, 0.1) is 0 Å². The standard InChI is InChI=1S/C22H24N2O4/c1-27-16-21(25)24(15-17-8-3-2-4-9-17)13-7-12-23-19-14-22(26)28-20-11-6-5-10-18(19)20/h2-6,8-11,14,23H,7,12-13,15-16H2,1H3. The fourth-order valence-corrected chi connectivity index (χ4v) is 3.06. The molecule has 6 heteroatoms. The van der Waals surface area contributed by atoms with E-state index in [0.29, 0.717) is 25.2 Å². The molecule has 1 heterocycles. The van der Waals surface area contributed by atoms with E-state index in [1.165, 1.54) is 13.2 Å². The minimum absolute atomic E-state index is 0.0443. The Morgan fingerprint density at radius 3 is 2.64 bits per heavy atom. The molecule has 0 atom stereocenters. The SMILES string of the molecule is COCC(=O)N(CCCNc1cc(=O)oc2ccccc12)Cc1ccccc1. The maximum Gasteiger partial charge on any atom is 0.338 e. The van der Waals surface area contributed by atoms with Crippen molar-refractivity contribution < 1.29 is 13.9 Å². The van der Waals surface area contributed by atoms with E-state index >= 15 is 0 Å². The van der Waals surface area contributed by atoms with Crippen LogP contribution in [-0.4, -0.2) is 37.6 Å². The third-order valence-electron chi connectivity index (χ3n) is 4.41. The molecule has 0 saturated carbocycles. The van der Waals surface area contributed by atoms with E-state index in [2.05, 4.69) is 5.32 Å². The van der Waals surface area contributed by atoms with Crippen LogP contribution in [0.3, 0.4) is 0 Å². The van der Waals surface area contributed by atoms with Crippen molar-refractivity contribution in [1.82, 2.24) is 4.90 Å². The molecule has 0 radical (unpaired) electrons. The maximum atomic E-state index is 12.4. The molecule has 0 bridgehead atoms. The molecule has 146 valence electrons. The first-order valence-corrected chi connectivity index (χ1v) is 9.25. The summed E-state index contributed by atoms with van der Waals surface area (Å²) in [5.41, 5.74) is 1.98. The van der Waals surface area contributed by atoms with E-state index in [0.717, 1.165) is 23.1 Å². The lowest BCUT2D eigenvalue weighted by atomic mass is 10.2. The van der Waals surface area contributed by atoms with E-state index in [1.807, 2.05) is 48.5 Å². The lowest BCUT2D eigenvalue weighted by molar-refractivity contribution is -0.135. The van der Waals surface area contributed by atoms with E-state index in [1.54, 1.807) is 11.0 Å². The molecule has 1 amide bonds. The molecular formula is C22H24N2O4. The minimum Gasteiger partial charge on any atom is -0.423 e. The average Bonchev–Trinajstić information content (AvgIpc) is 2.71. The summed E-state index contributed by atoms with van der Waals surface area (Å²) in [6.45, 7) is 1.81. The van der Waals surface area contributed by atoms with Crippen molar-refractivity contribution in [2.24, 2.45) is 0 Å². The molecular weight excluding hydrogens is 356 g/mol. The van der Waals surface area contributed by atoms with E-state index in [9.17, 15) is 9.59 Å². The monoisotopic (exact) mass is 380 g/mol. The number of ether oxygens (including phenoxy) is 1. The first-order valence-electron chi connectivity index (χ1n) is 9.25. The number of anilines is 1. The lowest BCUT2D eigenvalue weighted by Gasteiger charge is -2.23. The number of benzene rings is 2. The van der Waals surface area contributed by atoms with Gasteiger partial charge in [-0.15, -0.1) is 0 Å². The van der Waals surface area contributed by atoms with E-state index in [-0.39, 0.29) is 18.1 Å². The van der Waals surface area contributed by atoms with Crippen molar-refractivity contribution in [3.05, 3.63) is 76.6 Å². The molecule has 6 nitrogen and oxygen atoms in total. The van der Waals surface area contributed by atoms with Gasteiger partial charge in [0.2, 0.25) is 5.91 Å². The highest BCUT2D eigenvalue weighted by atomic mass is 16.5. The van der Waals surface area contributed by atoms with E-state index in [4.69, 9.17) is 9.15 Å². The van der Waals surface area contributed by atoms with Crippen LogP contribution in [-0.2, 0) is 16.1 Å². The van der Waals surface area contributed by atoms with Gasteiger partial charge in [0.05, 0.1) is 5.69 Å². The highest BCUT2D eigenvalue weighted by Crippen LogP contribution is 2.20. The quantitative estimate of drug-likeness (QED) is 0.456. The van der Waals surface area contributed by atoms with Crippen molar-refractivity contribution in [3.8, 4) is 0 Å². The number of rotatable bonds is 9. The van der Waals surface area contributed by atoms with Gasteiger partial charge in [-0.2, -0.15) is 0 Å². The molecule has 0 unspecified atom stereocenters. The molecule has 0 aliphatic carbocycles. The molecule has 0 aliphatic heterocycles. The summed E-state index contributed by atoms with van der Waals surface area (Å²) in [5.74, 6) is -0.0443. The Kier molecular flexibility index (Phi) is 6.81. The van der Waals surface area contributed by atoms with Crippen molar-refractivity contribution in [2.45, 2.75) is 13.0 Å². The van der Waals surface area contributed by atoms with Gasteiger partial charge in [0, 0.05) is 38.2 Å². The summed E-state index contributed by atoms with van der Waals surface area (Å²) < 4.78 is 10.2. The first kappa shape index (κ1) is 19.6. The van der Waals surface area contributed by atoms with Crippen molar-refractivity contribution >= 4 is 22.6 Å². The molecule has 28 heavy (non-hydrogen) atoms. The fourth-order valence-electron chi connectivity index (χ4n) is 3.06. The minimum atomic E-state index is -0.387. The van der Waals surface area contributed by atoms with Gasteiger partial charge in [0.25, 0.3) is 0 Å². The zero-order chi connectivity index (χ0) is 19.8. The number of hydrogen-bond donors (Lipinski definition) is 1. The van der Waals surface area contributed by atoms with Gasteiger partial charge in [-0.25, -0.2) is 4.79 Å². The zero-order valence-electron chi connectivity index (χ0n) is 15.9. The third kappa shape index (κ3) is 5.20. The number of nitrogens with zero attached hydrogens (tertiary/aromatic N) is 1. The molecule has 3 rings (SSSR count). The smallest absolute Gasteiger partial charge is 0.338 e. The largest absolute Gasteiger partial charge is 0.423 e. The van der Waals surface area contributed by atoms with Crippen LogP contribution in [0.2, 0.25) is 0 Å². The molecule has 0 fully saturated rings. The molecule has 3 aromatic rings. The number of fused-ring (bicyclic) bond motifs is 1. The molecule has 1 aromatic heterocycles. The van der Waals surface area contributed by atoms with Crippen LogP contribution in [0.1, 0.15) is 12.0 Å². The second kappa shape index (κ2) is 9.71. The van der Waals surface area contributed by atoms with Crippen molar-refractivity contribution in [1.29, 1.82) is 0 Å². The van der Waals surface area contributed by atoms with Crippen molar-refractivity contribution in [2.75, 3.05) is 32.1 Å². The Morgan fingerprint density at radius 1 is 1.11 bits per heavy atom. The van der Waals surface area contributed by atoms with Crippen LogP contribution in [0.15, 0.2) is 69.9 Å². The second-order valence-electron chi connectivity index (χ2n) is 6.49. The van der Waals surface area contributed by atoms with Crippen LogP contribution >= 0.6 is 0 Å². The number of carbonyl (C=O) groups excluding carboxylic acids is 1. The van der Waals surface area contributed by atoms with Gasteiger partial charge in [-0.05, 0) is 24.1 Å². The topological polar surface area (TPSA) is 71.8 Å². The predicted octanol–water partition coefficient (Wildman–Crippen LogP) is 3.27. The highest BCUT2D eigenvalue weighted by Gasteiger charge is 2.13. The number of carbonyl (C=O) groups is 1. The summed E-state index contributed by atoms with van der Waals surface area (Å²) in [7, 11) is 1.52. The van der Waals surface area contributed by atoms with Crippen LogP contribution in [0.25, 0.3) is 11.0 Å². The Labute approximate surface area is 163 Å². The van der Waals surface area contributed by atoms with Crippen LogP contribution in [0.5, 0.6) is 0 Å². The van der Waals surface area contributed by atoms with Gasteiger partial charge in [-0.1, -0.05) is 42.5 Å². The van der Waals surface area contributed by atoms with E-state index < -0.39 is 0 Å². The van der Waals surface area contributed by atoms with Gasteiger partial charge < -0.3 is 19.4 Å². The van der Waals surface area contributed by atoms with Gasteiger partial charge >= 0.3 is 5.63 Å². The molecule has 0 spiro atoms. The Balaban J connectivity index is 1.61.